The first-order chi connectivity index (χ1) is 9.42. The molecule has 0 atom stereocenters. The summed E-state index contributed by atoms with van der Waals surface area (Å²) >= 11 is 0. The van der Waals surface area contributed by atoms with Gasteiger partial charge in [0, 0.05) is 11.8 Å². The number of aryl methyl sites for hydroxylation is 2. The molecule has 0 radical (unpaired) electrons. The van der Waals surface area contributed by atoms with Gasteiger partial charge in [-0.2, -0.15) is 5.10 Å². The van der Waals surface area contributed by atoms with Gasteiger partial charge in [0.2, 0.25) is 0 Å². The van der Waals surface area contributed by atoms with Gasteiger partial charge in [0.15, 0.2) is 0 Å². The molecule has 1 aliphatic rings. The predicted octanol–water partition coefficient (Wildman–Crippen LogP) is 3.64. The van der Waals surface area contributed by atoms with Crippen molar-refractivity contribution in [1.82, 2.24) is 9.78 Å². The molecule has 0 spiro atoms. The highest BCUT2D eigenvalue weighted by atomic mass is 15.3. The molecule has 2 nitrogen and oxygen atoms in total. The third-order valence-corrected chi connectivity index (χ3v) is 3.75. The molecule has 1 aromatic heterocycles. The van der Waals surface area contributed by atoms with Crippen LogP contribution in [0.25, 0.3) is 16.9 Å². The zero-order valence-corrected chi connectivity index (χ0v) is 10.6. The number of aromatic nitrogens is 2. The van der Waals surface area contributed by atoms with E-state index >= 15 is 0 Å². The smallest absolute Gasteiger partial charge is 0.0962 e. The van der Waals surface area contributed by atoms with Crippen molar-refractivity contribution < 1.29 is 0 Å². The molecule has 0 fully saturated rings. The molecule has 1 aliphatic carbocycles. The van der Waals surface area contributed by atoms with E-state index < -0.39 is 0 Å². The fourth-order valence-electron chi connectivity index (χ4n) is 2.77. The summed E-state index contributed by atoms with van der Waals surface area (Å²) in [5, 5.41) is 4.78. The molecule has 0 saturated carbocycles. The molecular weight excluding hydrogens is 232 g/mol. The molecule has 1 heterocycles. The Morgan fingerprint density at radius 3 is 2.42 bits per heavy atom. The van der Waals surface area contributed by atoms with Crippen LogP contribution in [0.3, 0.4) is 0 Å². The van der Waals surface area contributed by atoms with E-state index in [-0.39, 0.29) is 0 Å². The Labute approximate surface area is 112 Å². The van der Waals surface area contributed by atoms with Crippen LogP contribution in [0.2, 0.25) is 0 Å². The van der Waals surface area contributed by atoms with E-state index in [4.69, 9.17) is 5.10 Å². The third kappa shape index (κ3) is 1.68. The largest absolute Gasteiger partial charge is 0.240 e. The highest BCUT2D eigenvalue weighted by Gasteiger charge is 2.19. The van der Waals surface area contributed by atoms with Gasteiger partial charge in [0.1, 0.15) is 0 Å². The fraction of sp³-hybridized carbons (Fsp3) is 0.118. The van der Waals surface area contributed by atoms with Crippen LogP contribution in [-0.2, 0) is 12.8 Å². The van der Waals surface area contributed by atoms with Crippen LogP contribution < -0.4 is 0 Å². The minimum absolute atomic E-state index is 1.08. The average Bonchev–Trinajstić information content (AvgIpc) is 2.93. The van der Waals surface area contributed by atoms with Crippen molar-refractivity contribution in [1.29, 1.82) is 0 Å². The maximum Gasteiger partial charge on any atom is 0.0962 e. The van der Waals surface area contributed by atoms with Crippen molar-refractivity contribution in [2.45, 2.75) is 12.8 Å². The Bertz CT molecular complexity index is 726. The lowest BCUT2D eigenvalue weighted by atomic mass is 9.91. The summed E-state index contributed by atoms with van der Waals surface area (Å²) in [6, 6.07) is 18.9. The number of hydrogen-bond donors (Lipinski definition) is 0. The van der Waals surface area contributed by atoms with Crippen LogP contribution in [0.4, 0.5) is 0 Å². The van der Waals surface area contributed by atoms with Gasteiger partial charge in [-0.1, -0.05) is 42.5 Å². The Morgan fingerprint density at radius 1 is 0.789 bits per heavy atom. The molecule has 19 heavy (non-hydrogen) atoms. The van der Waals surface area contributed by atoms with Gasteiger partial charge in [-0.3, -0.25) is 0 Å². The molecule has 2 aromatic carbocycles. The molecule has 0 unspecified atom stereocenters. The topological polar surface area (TPSA) is 17.8 Å². The second kappa shape index (κ2) is 4.09. The van der Waals surface area contributed by atoms with Gasteiger partial charge in [-0.05, 0) is 36.1 Å². The molecule has 0 aliphatic heterocycles. The molecule has 2 heteroatoms. The van der Waals surface area contributed by atoms with Crippen molar-refractivity contribution in [3.63, 3.8) is 0 Å². The number of hydrogen-bond acceptors (Lipinski definition) is 1. The summed E-state index contributed by atoms with van der Waals surface area (Å²) in [5.74, 6) is 0. The highest BCUT2D eigenvalue weighted by molar-refractivity contribution is 5.69. The van der Waals surface area contributed by atoms with Crippen LogP contribution in [0, 0.1) is 0 Å². The van der Waals surface area contributed by atoms with Crippen LogP contribution in [0.1, 0.15) is 11.1 Å². The van der Waals surface area contributed by atoms with Crippen LogP contribution >= 0.6 is 0 Å². The average molecular weight is 246 g/mol. The minimum Gasteiger partial charge on any atom is -0.240 e. The van der Waals surface area contributed by atoms with Gasteiger partial charge in [0.05, 0.1) is 11.4 Å². The third-order valence-electron chi connectivity index (χ3n) is 3.75. The van der Waals surface area contributed by atoms with E-state index in [0.29, 0.717) is 0 Å². The number of fused-ring (bicyclic) bond motifs is 3. The van der Waals surface area contributed by atoms with E-state index in [1.807, 2.05) is 22.9 Å². The van der Waals surface area contributed by atoms with E-state index in [9.17, 15) is 0 Å². The summed E-state index contributed by atoms with van der Waals surface area (Å²) < 4.78 is 1.99. The van der Waals surface area contributed by atoms with Crippen LogP contribution in [0.15, 0.2) is 60.8 Å². The van der Waals surface area contributed by atoms with Crippen LogP contribution in [0.5, 0.6) is 0 Å². The summed E-state index contributed by atoms with van der Waals surface area (Å²) in [4.78, 5) is 0. The Balaban J connectivity index is 1.88. The number of benzene rings is 2. The molecule has 3 aromatic rings. The van der Waals surface area contributed by atoms with Gasteiger partial charge in [-0.25, -0.2) is 4.68 Å². The zero-order chi connectivity index (χ0) is 12.7. The van der Waals surface area contributed by atoms with Crippen LogP contribution in [-0.4, -0.2) is 9.78 Å². The van der Waals surface area contributed by atoms with Gasteiger partial charge >= 0.3 is 0 Å². The lowest BCUT2D eigenvalue weighted by Gasteiger charge is -2.13. The van der Waals surface area contributed by atoms with Crippen molar-refractivity contribution in [3.05, 3.63) is 71.9 Å². The molecule has 0 N–H and O–H groups in total. The summed E-state index contributed by atoms with van der Waals surface area (Å²) in [7, 11) is 0. The number of para-hydroxylation sites is 1. The van der Waals surface area contributed by atoms with Crippen molar-refractivity contribution in [2.75, 3.05) is 0 Å². The predicted molar refractivity (Wildman–Crippen MR) is 76.4 cm³/mol. The molecule has 4 rings (SSSR count). The molecule has 0 amide bonds. The quantitative estimate of drug-likeness (QED) is 0.641. The van der Waals surface area contributed by atoms with Gasteiger partial charge in [-0.15, -0.1) is 0 Å². The summed E-state index contributed by atoms with van der Waals surface area (Å²) in [6.45, 7) is 0. The van der Waals surface area contributed by atoms with E-state index in [2.05, 4.69) is 42.6 Å². The normalized spacial score (nSPS) is 12.8. The minimum atomic E-state index is 1.08. The number of nitrogens with zero attached hydrogens (tertiary/aromatic N) is 2. The molecular formula is C17H14N2. The standard InChI is InChI=1S/C17H14N2/c1-2-7-15(8-3-1)19-12-14-11-10-13-6-4-5-9-16(13)17(14)18-19/h1-9,12H,10-11H2. The maximum atomic E-state index is 4.78. The first-order valence-corrected chi connectivity index (χ1v) is 6.64. The van der Waals surface area contributed by atoms with Crippen molar-refractivity contribution in [3.8, 4) is 16.9 Å². The SMILES string of the molecule is c1ccc(-n2cc3c(n2)-c2ccccc2CC3)cc1. The van der Waals surface area contributed by atoms with E-state index in [0.717, 1.165) is 24.2 Å². The molecule has 0 bridgehead atoms. The first-order valence-electron chi connectivity index (χ1n) is 6.64. The maximum absolute atomic E-state index is 4.78. The molecule has 0 saturated heterocycles. The Morgan fingerprint density at radius 2 is 1.53 bits per heavy atom. The highest BCUT2D eigenvalue weighted by Crippen LogP contribution is 2.32. The summed E-state index contributed by atoms with van der Waals surface area (Å²) in [6.07, 6.45) is 4.36. The monoisotopic (exact) mass is 246 g/mol. The van der Waals surface area contributed by atoms with E-state index in [1.54, 1.807) is 0 Å². The van der Waals surface area contributed by atoms with Gasteiger partial charge in [0.25, 0.3) is 0 Å². The first kappa shape index (κ1) is 10.6. The van der Waals surface area contributed by atoms with E-state index in [1.165, 1.54) is 16.7 Å². The second-order valence-electron chi connectivity index (χ2n) is 4.94. The number of rotatable bonds is 1. The van der Waals surface area contributed by atoms with Crippen molar-refractivity contribution >= 4 is 0 Å². The lowest BCUT2D eigenvalue weighted by molar-refractivity contribution is 0.884. The second-order valence-corrected chi connectivity index (χ2v) is 4.94. The zero-order valence-electron chi connectivity index (χ0n) is 10.6. The molecule has 92 valence electrons. The fourth-order valence-corrected chi connectivity index (χ4v) is 2.77. The Kier molecular flexibility index (Phi) is 2.27. The summed E-state index contributed by atoms with van der Waals surface area (Å²) in [5.41, 5.74) is 6.31. The van der Waals surface area contributed by atoms with Crippen molar-refractivity contribution in [2.24, 2.45) is 0 Å². The Hall–Kier alpha value is -2.35. The van der Waals surface area contributed by atoms with Gasteiger partial charge < -0.3 is 0 Å². The lowest BCUT2D eigenvalue weighted by Crippen LogP contribution is -2.01.